The number of sulfonamides is 1. The average Bonchev–Trinajstić information content (AvgIpc) is 2.63. The second-order valence-corrected chi connectivity index (χ2v) is 7.69. The first kappa shape index (κ1) is 16.3. The van der Waals surface area contributed by atoms with Gasteiger partial charge in [0.05, 0.1) is 6.26 Å². The zero-order chi connectivity index (χ0) is 15.6. The highest BCUT2D eigenvalue weighted by molar-refractivity contribution is 7.88. The van der Waals surface area contributed by atoms with Crippen molar-refractivity contribution in [1.29, 1.82) is 0 Å². The van der Waals surface area contributed by atoms with Gasteiger partial charge in [-0.25, -0.2) is 12.7 Å². The van der Waals surface area contributed by atoms with Gasteiger partial charge < -0.3 is 4.90 Å². The normalized spacial score (nSPS) is 17.6. The molecule has 0 unspecified atom stereocenters. The Kier molecular flexibility index (Phi) is 4.91. The monoisotopic (exact) mass is 330 g/mol. The van der Waals surface area contributed by atoms with Crippen LogP contribution in [0.1, 0.15) is 22.3 Å². The number of hydrogen-bond donors (Lipinski definition) is 0. The van der Waals surface area contributed by atoms with Gasteiger partial charge in [-0.3, -0.25) is 4.79 Å². The van der Waals surface area contributed by atoms with E-state index in [2.05, 4.69) is 0 Å². The standard InChI is InChI=1S/C14H19ClN2O3S/c1-11-10-12(15)4-5-13(11)14(18)16-6-3-7-17(9-8-16)21(2,19)20/h4-5,10H,3,6-9H2,1-2H3. The molecular formula is C14H19ClN2O3S. The molecule has 1 aliphatic heterocycles. The first-order valence-electron chi connectivity index (χ1n) is 6.79. The van der Waals surface area contributed by atoms with Gasteiger partial charge in [-0.1, -0.05) is 11.6 Å². The minimum atomic E-state index is -3.20. The van der Waals surface area contributed by atoms with E-state index < -0.39 is 10.0 Å². The van der Waals surface area contributed by atoms with Gasteiger partial charge in [0.15, 0.2) is 0 Å². The molecule has 0 radical (unpaired) electrons. The van der Waals surface area contributed by atoms with Crippen molar-refractivity contribution in [2.24, 2.45) is 0 Å². The number of rotatable bonds is 2. The van der Waals surface area contributed by atoms with Crippen molar-refractivity contribution in [2.45, 2.75) is 13.3 Å². The Balaban J connectivity index is 2.13. The van der Waals surface area contributed by atoms with Crippen molar-refractivity contribution in [3.63, 3.8) is 0 Å². The fourth-order valence-corrected chi connectivity index (χ4v) is 3.57. The summed E-state index contributed by atoms with van der Waals surface area (Å²) in [7, 11) is -3.20. The van der Waals surface area contributed by atoms with Crippen LogP contribution in [0.4, 0.5) is 0 Å². The summed E-state index contributed by atoms with van der Waals surface area (Å²) in [6, 6.07) is 5.18. The van der Waals surface area contributed by atoms with E-state index in [0.717, 1.165) is 5.56 Å². The van der Waals surface area contributed by atoms with Gasteiger partial charge in [-0.05, 0) is 37.1 Å². The summed E-state index contributed by atoms with van der Waals surface area (Å²) in [4.78, 5) is 14.3. The quantitative estimate of drug-likeness (QED) is 0.830. The van der Waals surface area contributed by atoms with E-state index in [0.29, 0.717) is 43.2 Å². The van der Waals surface area contributed by atoms with Gasteiger partial charge in [0.25, 0.3) is 5.91 Å². The predicted molar refractivity (Wildman–Crippen MR) is 83.1 cm³/mol. The van der Waals surface area contributed by atoms with Gasteiger partial charge in [0, 0.05) is 36.8 Å². The van der Waals surface area contributed by atoms with Crippen LogP contribution in [0.3, 0.4) is 0 Å². The first-order valence-corrected chi connectivity index (χ1v) is 9.02. The molecule has 0 atom stereocenters. The average molecular weight is 331 g/mol. The number of aryl methyl sites for hydroxylation is 1. The van der Waals surface area contributed by atoms with Gasteiger partial charge in [-0.15, -0.1) is 0 Å². The highest BCUT2D eigenvalue weighted by Gasteiger charge is 2.25. The molecule has 1 heterocycles. The summed E-state index contributed by atoms with van der Waals surface area (Å²) in [5.74, 6) is -0.0699. The third kappa shape index (κ3) is 3.96. The van der Waals surface area contributed by atoms with Gasteiger partial charge in [0.2, 0.25) is 10.0 Å². The third-order valence-corrected chi connectivity index (χ3v) is 5.17. The number of benzene rings is 1. The molecule has 0 bridgehead atoms. The minimum Gasteiger partial charge on any atom is -0.337 e. The molecule has 0 saturated carbocycles. The lowest BCUT2D eigenvalue weighted by Crippen LogP contribution is -2.37. The van der Waals surface area contributed by atoms with Crippen LogP contribution in [0.25, 0.3) is 0 Å². The third-order valence-electron chi connectivity index (χ3n) is 3.63. The molecule has 1 amide bonds. The number of carbonyl (C=O) groups is 1. The minimum absolute atomic E-state index is 0.0699. The number of carbonyl (C=O) groups excluding carboxylic acids is 1. The summed E-state index contributed by atoms with van der Waals surface area (Å²) in [5, 5.41) is 0.600. The smallest absolute Gasteiger partial charge is 0.254 e. The molecular weight excluding hydrogens is 312 g/mol. The molecule has 1 aliphatic rings. The lowest BCUT2D eigenvalue weighted by atomic mass is 10.1. The van der Waals surface area contributed by atoms with Crippen molar-refractivity contribution >= 4 is 27.5 Å². The molecule has 1 aromatic rings. The van der Waals surface area contributed by atoms with E-state index in [9.17, 15) is 13.2 Å². The second-order valence-electron chi connectivity index (χ2n) is 5.27. The maximum atomic E-state index is 12.6. The fraction of sp³-hybridized carbons (Fsp3) is 0.500. The summed E-state index contributed by atoms with van der Waals surface area (Å²) in [5.41, 5.74) is 1.45. The molecule has 0 aromatic heterocycles. The van der Waals surface area contributed by atoms with E-state index in [1.807, 2.05) is 6.92 Å². The molecule has 7 heteroatoms. The molecule has 1 saturated heterocycles. The molecule has 2 rings (SSSR count). The maximum absolute atomic E-state index is 12.6. The topological polar surface area (TPSA) is 57.7 Å². The van der Waals surface area contributed by atoms with E-state index in [1.54, 1.807) is 23.1 Å². The van der Waals surface area contributed by atoms with Crippen LogP contribution >= 0.6 is 11.6 Å². The number of halogens is 1. The maximum Gasteiger partial charge on any atom is 0.254 e. The number of hydrogen-bond acceptors (Lipinski definition) is 3. The molecule has 0 aliphatic carbocycles. The Morgan fingerprint density at radius 1 is 1.19 bits per heavy atom. The number of nitrogens with zero attached hydrogens (tertiary/aromatic N) is 2. The Morgan fingerprint density at radius 2 is 1.90 bits per heavy atom. The van der Waals surface area contributed by atoms with Gasteiger partial charge in [-0.2, -0.15) is 0 Å². The van der Waals surface area contributed by atoms with Crippen molar-refractivity contribution in [3.8, 4) is 0 Å². The van der Waals surface area contributed by atoms with E-state index in [-0.39, 0.29) is 5.91 Å². The SMILES string of the molecule is Cc1cc(Cl)ccc1C(=O)N1CCCN(S(C)(=O)=O)CC1. The summed E-state index contributed by atoms with van der Waals surface area (Å²) in [6.45, 7) is 3.63. The summed E-state index contributed by atoms with van der Waals surface area (Å²) >= 11 is 5.90. The predicted octanol–water partition coefficient (Wildman–Crippen LogP) is 1.76. The van der Waals surface area contributed by atoms with Crippen molar-refractivity contribution in [2.75, 3.05) is 32.4 Å². The Bertz CT molecular complexity index is 646. The summed E-state index contributed by atoms with van der Waals surface area (Å²) in [6.07, 6.45) is 1.85. The zero-order valence-corrected chi connectivity index (χ0v) is 13.7. The molecule has 21 heavy (non-hydrogen) atoms. The largest absolute Gasteiger partial charge is 0.337 e. The van der Waals surface area contributed by atoms with Gasteiger partial charge >= 0.3 is 0 Å². The molecule has 0 spiro atoms. The van der Waals surface area contributed by atoms with Crippen LogP contribution in [0.5, 0.6) is 0 Å². The zero-order valence-electron chi connectivity index (χ0n) is 12.2. The van der Waals surface area contributed by atoms with Crippen LogP contribution < -0.4 is 0 Å². The molecule has 1 aromatic carbocycles. The van der Waals surface area contributed by atoms with Crippen molar-refractivity contribution in [3.05, 3.63) is 34.3 Å². The van der Waals surface area contributed by atoms with Crippen molar-refractivity contribution < 1.29 is 13.2 Å². The van der Waals surface area contributed by atoms with Crippen LogP contribution in [0, 0.1) is 6.92 Å². The lowest BCUT2D eigenvalue weighted by molar-refractivity contribution is 0.0763. The van der Waals surface area contributed by atoms with Gasteiger partial charge in [0.1, 0.15) is 0 Å². The summed E-state index contributed by atoms with van der Waals surface area (Å²) < 4.78 is 24.6. The van der Waals surface area contributed by atoms with Crippen LogP contribution in [-0.2, 0) is 10.0 Å². The van der Waals surface area contributed by atoms with E-state index in [4.69, 9.17) is 11.6 Å². The fourth-order valence-electron chi connectivity index (χ4n) is 2.47. The Morgan fingerprint density at radius 3 is 2.52 bits per heavy atom. The van der Waals surface area contributed by atoms with Crippen LogP contribution in [0.15, 0.2) is 18.2 Å². The Labute approximate surface area is 130 Å². The first-order chi connectivity index (χ1) is 9.79. The highest BCUT2D eigenvalue weighted by Crippen LogP contribution is 2.18. The molecule has 0 N–H and O–H groups in total. The molecule has 116 valence electrons. The van der Waals surface area contributed by atoms with Crippen molar-refractivity contribution in [1.82, 2.24) is 9.21 Å². The second kappa shape index (κ2) is 6.34. The molecule has 5 nitrogen and oxygen atoms in total. The highest BCUT2D eigenvalue weighted by atomic mass is 35.5. The van der Waals surface area contributed by atoms with Crippen LogP contribution in [-0.4, -0.2) is 56.0 Å². The number of amides is 1. The Hall–Kier alpha value is -1.11. The van der Waals surface area contributed by atoms with E-state index >= 15 is 0 Å². The molecule has 1 fully saturated rings. The lowest BCUT2D eigenvalue weighted by Gasteiger charge is -2.22. The van der Waals surface area contributed by atoms with E-state index in [1.165, 1.54) is 10.6 Å². The van der Waals surface area contributed by atoms with Crippen LogP contribution in [0.2, 0.25) is 5.02 Å².